The van der Waals surface area contributed by atoms with E-state index in [4.69, 9.17) is 3.73 Å². The average Bonchev–Trinajstić information content (AvgIpc) is 2.92. The van der Waals surface area contributed by atoms with Gasteiger partial charge in [0.25, 0.3) is 0 Å². The molecular formula is C25H47IMoN3P2+. The number of hydrogen-bond acceptors (Lipinski definition) is 3. The zero-order chi connectivity index (χ0) is 25.1. The SMILES string of the molecule is CC(C)(C)[PH+](CN1[CH-]N(C[PH+](C(C)(C)C)C(C)(C)C)c2ccccc21)C(C)(C)C.[N]#[Mo][I]. The van der Waals surface area contributed by atoms with Crippen molar-refractivity contribution in [3.8, 4) is 0 Å². The van der Waals surface area contributed by atoms with Crippen molar-refractivity contribution in [1.29, 1.82) is 3.73 Å². The molecule has 184 valence electrons. The van der Waals surface area contributed by atoms with Gasteiger partial charge in [0.05, 0.1) is 20.6 Å². The summed E-state index contributed by atoms with van der Waals surface area (Å²) < 4.78 is 7.69. The first-order valence-electron chi connectivity index (χ1n) is 11.5. The van der Waals surface area contributed by atoms with Crippen LogP contribution in [0.5, 0.6) is 0 Å². The van der Waals surface area contributed by atoms with E-state index in [0.717, 1.165) is 12.6 Å². The fourth-order valence-electron chi connectivity index (χ4n) is 5.03. The first-order chi connectivity index (χ1) is 14.3. The van der Waals surface area contributed by atoms with Crippen LogP contribution in [0, 0.1) is 10.4 Å². The minimum absolute atomic E-state index is 0.366. The molecule has 0 aliphatic carbocycles. The van der Waals surface area contributed by atoms with E-state index in [2.05, 4.69) is 124 Å². The molecule has 1 heterocycles. The second kappa shape index (κ2) is 11.7. The summed E-state index contributed by atoms with van der Waals surface area (Å²) in [6.45, 7) is 31.7. The van der Waals surface area contributed by atoms with E-state index in [9.17, 15) is 0 Å². The standard InChI is InChI=1S/C25H45N2P2.HI.Mo.N/c1-22(2,3)28(23(4,5)6)18-26-17-27(21-16-14-13-15-20(21)26)19-29(24(7,8)9)25(10,11)12;;;/h13-17H,18-19H2,1-12H3;1H;;/q-1;;+1;/p+1. The predicted octanol–water partition coefficient (Wildman–Crippen LogP) is 8.87. The first-order valence-corrected chi connectivity index (χ1v) is 21.7. The summed E-state index contributed by atoms with van der Waals surface area (Å²) in [6, 6.07) is 9.03. The molecule has 0 saturated carbocycles. The Hall–Kier alpha value is 0.808. The number of nitrogens with zero attached hydrogens (tertiary/aromatic N) is 3. The van der Waals surface area contributed by atoms with Crippen molar-refractivity contribution in [2.75, 3.05) is 22.4 Å². The van der Waals surface area contributed by atoms with Crippen LogP contribution in [0.2, 0.25) is 0 Å². The van der Waals surface area contributed by atoms with E-state index in [1.165, 1.54) is 11.4 Å². The van der Waals surface area contributed by atoms with Gasteiger partial charge in [-0.15, -0.1) is 6.67 Å². The van der Waals surface area contributed by atoms with Crippen molar-refractivity contribution in [2.24, 2.45) is 0 Å². The Morgan fingerprint density at radius 3 is 1.19 bits per heavy atom. The summed E-state index contributed by atoms with van der Waals surface area (Å²) in [6.07, 6.45) is 2.33. The van der Waals surface area contributed by atoms with Gasteiger partial charge in [-0.05, 0) is 95.2 Å². The molecule has 3 nitrogen and oxygen atoms in total. The number of anilines is 2. The first kappa shape index (κ1) is 30.8. The number of hydrogen-bond donors (Lipinski definition) is 0. The molecule has 2 rings (SSSR count). The monoisotopic (exact) mass is 676 g/mol. The number of fused-ring (bicyclic) bond motifs is 1. The second-order valence-corrected chi connectivity index (χ2v) is 24.1. The molecule has 1 aromatic rings. The quantitative estimate of drug-likeness (QED) is 0.138. The van der Waals surface area contributed by atoms with Crippen LogP contribution in [0.15, 0.2) is 24.3 Å². The molecule has 0 bridgehead atoms. The molecular weight excluding hydrogens is 627 g/mol. The normalized spacial score (nSPS) is 15.1. The zero-order valence-electron chi connectivity index (χ0n) is 22.4. The van der Waals surface area contributed by atoms with Crippen molar-refractivity contribution >= 4 is 46.6 Å². The van der Waals surface area contributed by atoms with E-state index < -0.39 is 30.4 Å². The fourth-order valence-corrected chi connectivity index (χ4v) is 12.6. The van der Waals surface area contributed by atoms with Gasteiger partial charge in [-0.25, -0.2) is 0 Å². The fraction of sp³-hybridized carbons (Fsp3) is 0.720. The van der Waals surface area contributed by atoms with Crippen molar-refractivity contribution < 1.29 is 14.5 Å². The molecule has 1 aliphatic rings. The van der Waals surface area contributed by atoms with Gasteiger partial charge in [-0.1, -0.05) is 12.1 Å². The van der Waals surface area contributed by atoms with Gasteiger partial charge >= 0.3 is 37.6 Å². The van der Waals surface area contributed by atoms with Crippen molar-refractivity contribution in [3.63, 3.8) is 0 Å². The van der Waals surface area contributed by atoms with Gasteiger partial charge in [0.1, 0.15) is 12.6 Å². The van der Waals surface area contributed by atoms with Gasteiger partial charge in [0.15, 0.2) is 0 Å². The third-order valence-corrected chi connectivity index (χ3v) is 14.6. The van der Waals surface area contributed by atoms with Crippen molar-refractivity contribution in [1.82, 2.24) is 0 Å². The molecule has 32 heavy (non-hydrogen) atoms. The molecule has 0 atom stereocenters. The molecule has 1 aliphatic heterocycles. The topological polar surface area (TPSA) is 30.3 Å². The molecule has 0 saturated heterocycles. The van der Waals surface area contributed by atoms with Gasteiger partial charge in [-0.2, -0.15) is 0 Å². The Kier molecular flexibility index (Phi) is 11.3. The van der Waals surface area contributed by atoms with E-state index in [1.807, 2.05) is 19.4 Å². The predicted molar refractivity (Wildman–Crippen MR) is 157 cm³/mol. The Morgan fingerprint density at radius 2 is 0.969 bits per heavy atom. The summed E-state index contributed by atoms with van der Waals surface area (Å²) in [4.78, 5) is 5.15. The van der Waals surface area contributed by atoms with Crippen LogP contribution >= 0.6 is 35.2 Å². The van der Waals surface area contributed by atoms with Crippen LogP contribution in [0.1, 0.15) is 83.1 Å². The van der Waals surface area contributed by atoms with Crippen molar-refractivity contribution in [2.45, 2.75) is 104 Å². The van der Waals surface area contributed by atoms with E-state index in [-0.39, 0.29) is 0 Å². The second-order valence-electron chi connectivity index (χ2n) is 12.9. The molecule has 0 aromatic heterocycles. The molecule has 7 heteroatoms. The van der Waals surface area contributed by atoms with Crippen LogP contribution in [-0.2, 0) is 14.5 Å². The summed E-state index contributed by atoms with van der Waals surface area (Å²) in [5, 5.41) is 1.46. The summed E-state index contributed by atoms with van der Waals surface area (Å²) in [5.41, 5.74) is 2.79. The number of halogens is 1. The Labute approximate surface area is 220 Å². The van der Waals surface area contributed by atoms with Crippen LogP contribution in [0.25, 0.3) is 0 Å². The Balaban J connectivity index is 0.00000161. The number of rotatable bonds is 4. The Bertz CT molecular complexity index is 696. The van der Waals surface area contributed by atoms with Gasteiger partial charge in [0.2, 0.25) is 0 Å². The van der Waals surface area contributed by atoms with Gasteiger partial charge in [0, 0.05) is 27.2 Å². The number of benzene rings is 1. The third kappa shape index (κ3) is 8.79. The van der Waals surface area contributed by atoms with Crippen LogP contribution in [0.4, 0.5) is 11.4 Å². The summed E-state index contributed by atoms with van der Waals surface area (Å²) in [5.74, 6) is 0. The third-order valence-electron chi connectivity index (χ3n) is 6.06. The van der Waals surface area contributed by atoms with E-state index in [1.54, 1.807) is 0 Å². The van der Waals surface area contributed by atoms with E-state index in [0.29, 0.717) is 20.6 Å². The summed E-state index contributed by atoms with van der Waals surface area (Å²) in [7, 11) is -1.26. The maximum atomic E-state index is 7.69. The van der Waals surface area contributed by atoms with Crippen LogP contribution in [-0.4, -0.2) is 33.2 Å². The van der Waals surface area contributed by atoms with Gasteiger partial charge in [-0.3, -0.25) is 0 Å². The molecule has 0 radical (unpaired) electrons. The summed E-state index contributed by atoms with van der Waals surface area (Å²) >= 11 is 1.41. The van der Waals surface area contributed by atoms with E-state index >= 15 is 0 Å². The molecule has 0 spiro atoms. The van der Waals surface area contributed by atoms with Crippen molar-refractivity contribution in [3.05, 3.63) is 30.9 Å². The average molecular weight is 674 g/mol. The van der Waals surface area contributed by atoms with Crippen LogP contribution in [0.3, 0.4) is 0 Å². The maximum absolute atomic E-state index is 7.69. The molecule has 0 N–H and O–H groups in total. The number of para-hydroxylation sites is 2. The molecule has 0 fully saturated rings. The molecule has 1 aromatic carbocycles. The zero-order valence-corrected chi connectivity index (χ0v) is 28.6. The van der Waals surface area contributed by atoms with Gasteiger partial charge < -0.3 is 9.80 Å². The molecule has 0 unspecified atom stereocenters. The van der Waals surface area contributed by atoms with Crippen LogP contribution < -0.4 is 9.80 Å². The Morgan fingerprint density at radius 1 is 0.719 bits per heavy atom. The minimum atomic E-state index is -0.631. The molecule has 0 amide bonds.